The van der Waals surface area contributed by atoms with Crippen molar-refractivity contribution < 1.29 is 33.0 Å². The van der Waals surface area contributed by atoms with Gasteiger partial charge in [-0.25, -0.2) is 4.79 Å². The van der Waals surface area contributed by atoms with Gasteiger partial charge < -0.3 is 15.5 Å². The van der Waals surface area contributed by atoms with Gasteiger partial charge in [0.1, 0.15) is 0 Å². The molecule has 2 aromatic carbocycles. The molecule has 4 rings (SSSR count). The zero-order valence-electron chi connectivity index (χ0n) is 19.5. The first-order valence-electron chi connectivity index (χ1n) is 10.9. The van der Waals surface area contributed by atoms with Crippen molar-refractivity contribution in [2.24, 2.45) is 0 Å². The number of aliphatic hydroxyl groups is 1. The lowest BCUT2D eigenvalue weighted by molar-refractivity contribution is -0.137. The summed E-state index contributed by atoms with van der Waals surface area (Å²) in [6.45, 7) is 3.77. The summed E-state index contributed by atoms with van der Waals surface area (Å²) in [5, 5.41) is 19.2. The quantitative estimate of drug-likeness (QED) is 0.401. The van der Waals surface area contributed by atoms with Gasteiger partial charge in [-0.05, 0) is 74.1 Å². The molecule has 1 heterocycles. The number of aliphatic hydroxyl groups excluding tert-OH is 1. The summed E-state index contributed by atoms with van der Waals surface area (Å²) in [7, 11) is 1.00. The lowest BCUT2D eigenvalue weighted by Crippen LogP contribution is -2.35. The Hall–Kier alpha value is -3.17. The molecule has 0 radical (unpaired) electrons. The molecule has 1 aromatic heterocycles. The number of carbonyl (C=O) groups excluding carboxylic acids is 1. The lowest BCUT2D eigenvalue weighted by Gasteiger charge is -2.19. The average molecular weight is 506 g/mol. The topological polar surface area (TPSA) is 86.6 Å². The summed E-state index contributed by atoms with van der Waals surface area (Å²) in [4.78, 5) is 26.2. The zero-order chi connectivity index (χ0) is 26.0. The molecule has 1 aliphatic rings. The highest BCUT2D eigenvalue weighted by atomic mass is 32.1. The van der Waals surface area contributed by atoms with Crippen LogP contribution in [0.25, 0.3) is 0 Å². The number of halogens is 3. The van der Waals surface area contributed by atoms with E-state index in [-0.39, 0.29) is 11.5 Å². The van der Waals surface area contributed by atoms with Gasteiger partial charge in [0.2, 0.25) is 0 Å². The maximum Gasteiger partial charge on any atom is 0.416 e. The Morgan fingerprint density at radius 1 is 0.971 bits per heavy atom. The molecule has 186 valence electrons. The van der Waals surface area contributed by atoms with Crippen LogP contribution in [0.15, 0.2) is 48.5 Å². The van der Waals surface area contributed by atoms with Gasteiger partial charge in [-0.15, -0.1) is 11.3 Å². The van der Waals surface area contributed by atoms with E-state index in [9.17, 15) is 22.8 Å². The maximum absolute atomic E-state index is 13.3. The molecule has 35 heavy (non-hydrogen) atoms. The van der Waals surface area contributed by atoms with Crippen LogP contribution in [0.5, 0.6) is 0 Å². The van der Waals surface area contributed by atoms with E-state index in [4.69, 9.17) is 10.2 Å². The fraction of sp³-hybridized carbons (Fsp3) is 0.308. The van der Waals surface area contributed by atoms with Gasteiger partial charge in [0, 0.05) is 16.9 Å². The molecule has 1 saturated carbocycles. The second-order valence-corrected chi connectivity index (χ2v) is 9.79. The van der Waals surface area contributed by atoms with Crippen molar-refractivity contribution in [1.29, 1.82) is 0 Å². The van der Waals surface area contributed by atoms with E-state index in [0.717, 1.165) is 53.0 Å². The van der Waals surface area contributed by atoms with E-state index in [1.807, 2.05) is 13.8 Å². The number of aryl methyl sites for hydroxylation is 2. The van der Waals surface area contributed by atoms with Crippen molar-refractivity contribution in [2.45, 2.75) is 44.8 Å². The van der Waals surface area contributed by atoms with E-state index < -0.39 is 23.2 Å². The third-order valence-electron chi connectivity index (χ3n) is 6.06. The molecule has 5 nitrogen and oxygen atoms in total. The van der Waals surface area contributed by atoms with Crippen LogP contribution >= 0.6 is 11.3 Å². The molecular formula is C26H26F3NO4S. The van der Waals surface area contributed by atoms with Gasteiger partial charge in [-0.1, -0.05) is 24.3 Å². The Morgan fingerprint density at radius 3 is 2.03 bits per heavy atom. The molecule has 0 aliphatic heterocycles. The van der Waals surface area contributed by atoms with E-state index in [2.05, 4.69) is 5.32 Å². The first-order chi connectivity index (χ1) is 16.5. The van der Waals surface area contributed by atoms with Crippen LogP contribution in [-0.4, -0.2) is 29.2 Å². The van der Waals surface area contributed by atoms with Crippen molar-refractivity contribution in [3.8, 4) is 0 Å². The molecule has 9 heteroatoms. The second kappa shape index (κ2) is 10.2. The van der Waals surface area contributed by atoms with Crippen LogP contribution in [0.3, 0.4) is 0 Å². The zero-order valence-corrected chi connectivity index (χ0v) is 20.3. The minimum absolute atomic E-state index is 0.184. The van der Waals surface area contributed by atoms with E-state index in [1.165, 1.54) is 35.6 Å². The SMILES string of the molecule is CO.Cc1sc(C)c(C(=O)NC2(c3ccc(C(=O)O)cc3)CC2)c1Cc1ccc(C(F)(F)F)cc1. The number of hydrogen-bond acceptors (Lipinski definition) is 4. The Labute approximate surface area is 205 Å². The van der Waals surface area contributed by atoms with Gasteiger partial charge in [-0.3, -0.25) is 4.79 Å². The van der Waals surface area contributed by atoms with Crippen LogP contribution in [0.1, 0.15) is 65.6 Å². The standard InChI is InChI=1S/C25H22F3NO3S.CH4O/c1-14-20(13-16-3-7-19(8-4-16)25(26,27)28)21(15(2)33-14)22(30)29-24(11-12-24)18-9-5-17(6-10-18)23(31)32;1-2/h3-10H,11-13H2,1-2H3,(H,29,30)(H,31,32);2H,1H3. The number of aromatic carboxylic acids is 1. The van der Waals surface area contributed by atoms with E-state index in [1.54, 1.807) is 12.1 Å². The third kappa shape index (κ3) is 5.74. The van der Waals surface area contributed by atoms with Gasteiger partial charge in [0.15, 0.2) is 0 Å². The van der Waals surface area contributed by atoms with E-state index >= 15 is 0 Å². The molecule has 1 fully saturated rings. The predicted octanol–water partition coefficient (Wildman–Crippen LogP) is 5.70. The number of carboxylic acid groups (broad SMARTS) is 1. The molecule has 3 aromatic rings. The number of carboxylic acids is 1. The number of hydrogen-bond donors (Lipinski definition) is 3. The fourth-order valence-corrected chi connectivity index (χ4v) is 5.15. The summed E-state index contributed by atoms with van der Waals surface area (Å²) < 4.78 is 38.6. The van der Waals surface area contributed by atoms with Gasteiger partial charge in [-0.2, -0.15) is 13.2 Å². The highest BCUT2D eigenvalue weighted by Gasteiger charge is 2.46. The number of carbonyl (C=O) groups is 2. The molecule has 0 bridgehead atoms. The largest absolute Gasteiger partial charge is 0.478 e. The van der Waals surface area contributed by atoms with Crippen LogP contribution in [0, 0.1) is 13.8 Å². The number of rotatable bonds is 6. The van der Waals surface area contributed by atoms with Crippen molar-refractivity contribution in [1.82, 2.24) is 5.32 Å². The van der Waals surface area contributed by atoms with Crippen molar-refractivity contribution in [2.75, 3.05) is 7.11 Å². The first-order valence-corrected chi connectivity index (χ1v) is 11.7. The summed E-state index contributed by atoms with van der Waals surface area (Å²) in [6, 6.07) is 11.5. The van der Waals surface area contributed by atoms with Crippen LogP contribution in [0.4, 0.5) is 13.2 Å². The Kier molecular flexibility index (Phi) is 7.71. The van der Waals surface area contributed by atoms with Gasteiger partial charge in [0.25, 0.3) is 5.91 Å². The minimum atomic E-state index is -4.39. The normalized spacial score (nSPS) is 14.0. The van der Waals surface area contributed by atoms with Crippen molar-refractivity contribution >= 4 is 23.2 Å². The molecule has 3 N–H and O–H groups in total. The Balaban J connectivity index is 0.00000167. The minimum Gasteiger partial charge on any atom is -0.478 e. The highest BCUT2D eigenvalue weighted by molar-refractivity contribution is 7.12. The van der Waals surface area contributed by atoms with Crippen LogP contribution in [0.2, 0.25) is 0 Å². The monoisotopic (exact) mass is 505 g/mol. The molecular weight excluding hydrogens is 479 g/mol. The fourth-order valence-electron chi connectivity index (χ4n) is 4.08. The number of amides is 1. The number of thiophene rings is 1. The Bertz CT molecular complexity index is 1210. The smallest absolute Gasteiger partial charge is 0.416 e. The number of benzene rings is 2. The second-order valence-electron chi connectivity index (χ2n) is 8.36. The van der Waals surface area contributed by atoms with Gasteiger partial charge >= 0.3 is 12.1 Å². The molecule has 0 atom stereocenters. The maximum atomic E-state index is 13.3. The van der Waals surface area contributed by atoms with E-state index in [0.29, 0.717) is 17.5 Å². The Morgan fingerprint density at radius 2 is 1.54 bits per heavy atom. The van der Waals surface area contributed by atoms with Crippen LogP contribution < -0.4 is 5.32 Å². The summed E-state index contributed by atoms with van der Waals surface area (Å²) >= 11 is 1.49. The molecule has 0 unspecified atom stereocenters. The third-order valence-corrected chi connectivity index (χ3v) is 7.12. The van der Waals surface area contributed by atoms with Crippen LogP contribution in [-0.2, 0) is 18.1 Å². The molecule has 1 aliphatic carbocycles. The summed E-state index contributed by atoms with van der Waals surface area (Å²) in [6.07, 6.45) is -2.53. The predicted molar refractivity (Wildman–Crippen MR) is 128 cm³/mol. The summed E-state index contributed by atoms with van der Waals surface area (Å²) in [5.74, 6) is -1.23. The summed E-state index contributed by atoms with van der Waals surface area (Å²) in [5.41, 5.74) is 1.88. The van der Waals surface area contributed by atoms with Gasteiger partial charge in [0.05, 0.1) is 22.2 Å². The molecule has 0 spiro atoms. The molecule has 1 amide bonds. The highest BCUT2D eigenvalue weighted by Crippen LogP contribution is 2.46. The van der Waals surface area contributed by atoms with Crippen molar-refractivity contribution in [3.05, 3.63) is 91.7 Å². The lowest BCUT2D eigenvalue weighted by atomic mass is 9.97. The number of nitrogens with one attached hydrogen (secondary N) is 1. The number of alkyl halides is 3. The molecule has 0 saturated heterocycles. The van der Waals surface area contributed by atoms with Crippen molar-refractivity contribution in [3.63, 3.8) is 0 Å². The average Bonchev–Trinajstić information content (AvgIpc) is 3.54. The first kappa shape index (κ1) is 26.4.